The van der Waals surface area contributed by atoms with Gasteiger partial charge in [-0.05, 0) is 31.9 Å². The summed E-state index contributed by atoms with van der Waals surface area (Å²) < 4.78 is 46.6. The minimum absolute atomic E-state index is 0.155. The van der Waals surface area contributed by atoms with E-state index in [-0.39, 0.29) is 11.9 Å². The molecular formula is C17H18F3N3O2. The summed E-state index contributed by atoms with van der Waals surface area (Å²) in [7, 11) is 0. The van der Waals surface area contributed by atoms with Crippen molar-refractivity contribution in [2.75, 3.05) is 18.5 Å². The van der Waals surface area contributed by atoms with Gasteiger partial charge in [-0.3, -0.25) is 0 Å². The number of hydrogen-bond donors (Lipinski definition) is 1. The quantitative estimate of drug-likeness (QED) is 0.882. The van der Waals surface area contributed by atoms with Crippen LogP contribution in [-0.2, 0) is 4.74 Å². The molecule has 1 unspecified atom stereocenters. The van der Waals surface area contributed by atoms with Crippen molar-refractivity contribution in [1.29, 1.82) is 0 Å². The predicted molar refractivity (Wildman–Crippen MR) is 86.4 cm³/mol. The van der Waals surface area contributed by atoms with E-state index in [0.717, 1.165) is 19.4 Å². The molecule has 5 nitrogen and oxygen atoms in total. The average molecular weight is 353 g/mol. The SMILES string of the molecule is Cc1cc(NCC2CCCO2)nc(-c2cccc(OC(F)(F)F)c2)n1. The van der Waals surface area contributed by atoms with E-state index in [9.17, 15) is 13.2 Å². The topological polar surface area (TPSA) is 56.3 Å². The minimum Gasteiger partial charge on any atom is -0.406 e. The number of rotatable bonds is 5. The zero-order chi connectivity index (χ0) is 17.9. The van der Waals surface area contributed by atoms with Crippen molar-refractivity contribution in [3.8, 4) is 17.1 Å². The lowest BCUT2D eigenvalue weighted by Crippen LogP contribution is -2.19. The van der Waals surface area contributed by atoms with Gasteiger partial charge in [-0.1, -0.05) is 12.1 Å². The van der Waals surface area contributed by atoms with E-state index in [0.29, 0.717) is 29.4 Å². The molecule has 1 aromatic carbocycles. The fourth-order valence-electron chi connectivity index (χ4n) is 2.64. The van der Waals surface area contributed by atoms with Gasteiger partial charge in [0.2, 0.25) is 0 Å². The highest BCUT2D eigenvalue weighted by Gasteiger charge is 2.31. The molecule has 1 aliphatic rings. The Labute approximate surface area is 143 Å². The molecule has 0 saturated carbocycles. The molecule has 0 radical (unpaired) electrons. The highest BCUT2D eigenvalue weighted by atomic mass is 19.4. The fraction of sp³-hybridized carbons (Fsp3) is 0.412. The van der Waals surface area contributed by atoms with E-state index in [4.69, 9.17) is 4.74 Å². The Balaban J connectivity index is 1.78. The van der Waals surface area contributed by atoms with Crippen molar-refractivity contribution in [2.45, 2.75) is 32.2 Å². The molecule has 1 aromatic heterocycles. The summed E-state index contributed by atoms with van der Waals surface area (Å²) in [5.41, 5.74) is 1.16. The molecule has 0 spiro atoms. The number of nitrogens with one attached hydrogen (secondary N) is 1. The highest BCUT2D eigenvalue weighted by Crippen LogP contribution is 2.27. The van der Waals surface area contributed by atoms with Gasteiger partial charge in [0.25, 0.3) is 0 Å². The van der Waals surface area contributed by atoms with Gasteiger partial charge in [0, 0.05) is 30.5 Å². The molecular weight excluding hydrogens is 335 g/mol. The predicted octanol–water partition coefficient (Wildman–Crippen LogP) is 3.94. The van der Waals surface area contributed by atoms with E-state index in [2.05, 4.69) is 20.0 Å². The van der Waals surface area contributed by atoms with Crippen molar-refractivity contribution in [3.63, 3.8) is 0 Å². The van der Waals surface area contributed by atoms with Gasteiger partial charge in [-0.2, -0.15) is 0 Å². The smallest absolute Gasteiger partial charge is 0.406 e. The van der Waals surface area contributed by atoms with Crippen LogP contribution in [0.15, 0.2) is 30.3 Å². The van der Waals surface area contributed by atoms with Crippen LogP contribution in [0.5, 0.6) is 5.75 Å². The van der Waals surface area contributed by atoms with Crippen LogP contribution in [0.2, 0.25) is 0 Å². The molecule has 2 heterocycles. The lowest BCUT2D eigenvalue weighted by atomic mass is 10.2. The molecule has 8 heteroatoms. The van der Waals surface area contributed by atoms with Crippen molar-refractivity contribution in [3.05, 3.63) is 36.0 Å². The molecule has 134 valence electrons. The van der Waals surface area contributed by atoms with Gasteiger partial charge in [0.15, 0.2) is 5.82 Å². The number of nitrogens with zero attached hydrogens (tertiary/aromatic N) is 2. The number of hydrogen-bond acceptors (Lipinski definition) is 5. The van der Waals surface area contributed by atoms with Crippen LogP contribution < -0.4 is 10.1 Å². The van der Waals surface area contributed by atoms with Crippen molar-refractivity contribution in [2.24, 2.45) is 0 Å². The van der Waals surface area contributed by atoms with Crippen LogP contribution >= 0.6 is 0 Å². The van der Waals surface area contributed by atoms with Crippen LogP contribution in [0, 0.1) is 6.92 Å². The molecule has 2 aromatic rings. The molecule has 0 bridgehead atoms. The summed E-state index contributed by atoms with van der Waals surface area (Å²) in [6.07, 6.45) is -2.53. The normalized spacial score (nSPS) is 17.5. The zero-order valence-corrected chi connectivity index (χ0v) is 13.6. The van der Waals surface area contributed by atoms with Crippen LogP contribution in [0.4, 0.5) is 19.0 Å². The lowest BCUT2D eigenvalue weighted by Gasteiger charge is -2.13. The Morgan fingerprint density at radius 1 is 1.28 bits per heavy atom. The maximum absolute atomic E-state index is 12.4. The maximum atomic E-state index is 12.4. The molecule has 1 aliphatic heterocycles. The Hall–Kier alpha value is -2.35. The second kappa shape index (κ2) is 7.26. The van der Waals surface area contributed by atoms with Crippen LogP contribution in [-0.4, -0.2) is 35.6 Å². The van der Waals surface area contributed by atoms with E-state index in [1.807, 2.05) is 0 Å². The average Bonchev–Trinajstić information content (AvgIpc) is 3.04. The third-order valence-corrected chi connectivity index (χ3v) is 3.71. The third-order valence-electron chi connectivity index (χ3n) is 3.71. The molecule has 1 N–H and O–H groups in total. The Morgan fingerprint density at radius 3 is 2.84 bits per heavy atom. The van der Waals surface area contributed by atoms with Crippen molar-refractivity contribution >= 4 is 5.82 Å². The number of alkyl halides is 3. The number of ether oxygens (including phenoxy) is 2. The van der Waals surface area contributed by atoms with E-state index < -0.39 is 6.36 Å². The fourth-order valence-corrected chi connectivity index (χ4v) is 2.64. The molecule has 25 heavy (non-hydrogen) atoms. The number of aromatic nitrogens is 2. The standard InChI is InChI=1S/C17H18F3N3O2/c1-11-8-15(21-10-14-6-3-7-24-14)23-16(22-11)12-4-2-5-13(9-12)25-17(18,19)20/h2,4-5,8-9,14H,3,6-7,10H2,1H3,(H,21,22,23). The minimum atomic E-state index is -4.74. The largest absolute Gasteiger partial charge is 0.573 e. The second-order valence-corrected chi connectivity index (χ2v) is 5.81. The van der Waals surface area contributed by atoms with Crippen LogP contribution in [0.1, 0.15) is 18.5 Å². The van der Waals surface area contributed by atoms with Gasteiger partial charge < -0.3 is 14.8 Å². The summed E-state index contributed by atoms with van der Waals surface area (Å²) >= 11 is 0. The van der Waals surface area contributed by atoms with Gasteiger partial charge in [-0.25, -0.2) is 9.97 Å². The Kier molecular flexibility index (Phi) is 5.08. The molecule has 0 aliphatic carbocycles. The first-order valence-electron chi connectivity index (χ1n) is 7.96. The number of anilines is 1. The first-order chi connectivity index (χ1) is 11.9. The molecule has 3 rings (SSSR count). The Morgan fingerprint density at radius 2 is 2.12 bits per heavy atom. The lowest BCUT2D eigenvalue weighted by molar-refractivity contribution is -0.274. The number of aryl methyl sites for hydroxylation is 1. The van der Waals surface area contributed by atoms with Gasteiger partial charge in [-0.15, -0.1) is 13.2 Å². The first kappa shape index (κ1) is 17.5. The third kappa shape index (κ3) is 5.06. The van der Waals surface area contributed by atoms with E-state index in [1.54, 1.807) is 19.1 Å². The number of halogens is 3. The molecule has 0 amide bonds. The molecule has 1 fully saturated rings. The maximum Gasteiger partial charge on any atom is 0.573 e. The van der Waals surface area contributed by atoms with E-state index in [1.165, 1.54) is 18.2 Å². The zero-order valence-electron chi connectivity index (χ0n) is 13.6. The van der Waals surface area contributed by atoms with E-state index >= 15 is 0 Å². The van der Waals surface area contributed by atoms with Gasteiger partial charge in [0.05, 0.1) is 6.10 Å². The summed E-state index contributed by atoms with van der Waals surface area (Å²) in [6, 6.07) is 7.41. The second-order valence-electron chi connectivity index (χ2n) is 5.81. The molecule has 1 saturated heterocycles. The van der Waals surface area contributed by atoms with Crippen molar-refractivity contribution in [1.82, 2.24) is 9.97 Å². The highest BCUT2D eigenvalue weighted by molar-refractivity contribution is 5.59. The number of benzene rings is 1. The summed E-state index contributed by atoms with van der Waals surface area (Å²) in [6.45, 7) is 3.21. The molecule has 1 atom stereocenters. The Bertz CT molecular complexity index is 731. The van der Waals surface area contributed by atoms with Crippen molar-refractivity contribution < 1.29 is 22.6 Å². The van der Waals surface area contributed by atoms with Crippen LogP contribution in [0.3, 0.4) is 0 Å². The summed E-state index contributed by atoms with van der Waals surface area (Å²) in [5.74, 6) is 0.645. The van der Waals surface area contributed by atoms with Gasteiger partial charge >= 0.3 is 6.36 Å². The van der Waals surface area contributed by atoms with Gasteiger partial charge in [0.1, 0.15) is 11.6 Å². The summed E-state index contributed by atoms with van der Waals surface area (Å²) in [4.78, 5) is 8.69. The summed E-state index contributed by atoms with van der Waals surface area (Å²) in [5, 5.41) is 3.20. The first-order valence-corrected chi connectivity index (χ1v) is 7.96. The monoisotopic (exact) mass is 353 g/mol. The van der Waals surface area contributed by atoms with Crippen LogP contribution in [0.25, 0.3) is 11.4 Å².